The molecular weight excluding hydrogens is 220 g/mol. The van der Waals surface area contributed by atoms with Gasteiger partial charge in [0.25, 0.3) is 0 Å². The van der Waals surface area contributed by atoms with Gasteiger partial charge in [-0.25, -0.2) is 0 Å². The fourth-order valence-corrected chi connectivity index (χ4v) is 3.19. The molecule has 0 radical (unpaired) electrons. The minimum atomic E-state index is 0.710. The summed E-state index contributed by atoms with van der Waals surface area (Å²) in [5, 5.41) is 7.79. The highest BCUT2D eigenvalue weighted by atomic mass is 32.2. The molecule has 1 aromatic heterocycles. The molecule has 0 aliphatic heterocycles. The SMILES string of the molecule is CCCC(CS)CSc1nncs1. The second-order valence-corrected chi connectivity index (χ2v) is 5.32. The summed E-state index contributed by atoms with van der Waals surface area (Å²) in [6, 6.07) is 0. The number of hydrogen-bond acceptors (Lipinski definition) is 5. The molecule has 1 heterocycles. The first-order valence-electron chi connectivity index (χ1n) is 4.36. The van der Waals surface area contributed by atoms with E-state index in [-0.39, 0.29) is 0 Å². The van der Waals surface area contributed by atoms with Gasteiger partial charge in [0, 0.05) is 5.75 Å². The third kappa shape index (κ3) is 4.33. The van der Waals surface area contributed by atoms with E-state index in [2.05, 4.69) is 29.7 Å². The molecule has 0 aliphatic carbocycles. The Balaban J connectivity index is 2.23. The van der Waals surface area contributed by atoms with Gasteiger partial charge in [-0.05, 0) is 18.1 Å². The van der Waals surface area contributed by atoms with Crippen LogP contribution in [0.3, 0.4) is 0 Å². The van der Waals surface area contributed by atoms with Crippen LogP contribution in [0.1, 0.15) is 19.8 Å². The van der Waals surface area contributed by atoms with E-state index < -0.39 is 0 Å². The van der Waals surface area contributed by atoms with Gasteiger partial charge in [-0.3, -0.25) is 0 Å². The molecule has 0 fully saturated rings. The highest BCUT2D eigenvalue weighted by molar-refractivity contribution is 8.01. The summed E-state index contributed by atoms with van der Waals surface area (Å²) in [6.07, 6.45) is 2.50. The molecule has 0 aromatic carbocycles. The molecule has 0 saturated heterocycles. The molecule has 0 bridgehead atoms. The van der Waals surface area contributed by atoms with E-state index in [9.17, 15) is 0 Å². The zero-order valence-corrected chi connectivity index (χ0v) is 10.2. The van der Waals surface area contributed by atoms with Gasteiger partial charge in [0.05, 0.1) is 0 Å². The highest BCUT2D eigenvalue weighted by Crippen LogP contribution is 2.24. The lowest BCUT2D eigenvalue weighted by Crippen LogP contribution is -2.04. The van der Waals surface area contributed by atoms with E-state index in [0.717, 1.165) is 15.8 Å². The number of thiol groups is 1. The normalized spacial score (nSPS) is 13.1. The van der Waals surface area contributed by atoms with Crippen molar-refractivity contribution in [1.29, 1.82) is 0 Å². The van der Waals surface area contributed by atoms with Crippen LogP contribution < -0.4 is 0 Å². The molecule has 1 unspecified atom stereocenters. The largest absolute Gasteiger partial charge is 0.179 e. The summed E-state index contributed by atoms with van der Waals surface area (Å²) in [7, 11) is 0. The molecule has 13 heavy (non-hydrogen) atoms. The van der Waals surface area contributed by atoms with Crippen molar-refractivity contribution >= 4 is 35.7 Å². The monoisotopic (exact) mass is 234 g/mol. The molecule has 0 amide bonds. The molecule has 0 N–H and O–H groups in total. The van der Waals surface area contributed by atoms with Crippen LogP contribution in [0.4, 0.5) is 0 Å². The summed E-state index contributed by atoms with van der Waals surface area (Å²) < 4.78 is 1.07. The number of rotatable bonds is 6. The zero-order chi connectivity index (χ0) is 9.52. The van der Waals surface area contributed by atoms with Crippen LogP contribution >= 0.6 is 35.7 Å². The van der Waals surface area contributed by atoms with Crippen molar-refractivity contribution in [2.45, 2.75) is 24.1 Å². The van der Waals surface area contributed by atoms with Crippen LogP contribution in [-0.4, -0.2) is 21.7 Å². The lowest BCUT2D eigenvalue weighted by atomic mass is 10.1. The fourth-order valence-electron chi connectivity index (χ4n) is 1.05. The molecule has 0 aliphatic rings. The Morgan fingerprint density at radius 1 is 1.69 bits per heavy atom. The molecule has 5 heteroatoms. The van der Waals surface area contributed by atoms with Crippen molar-refractivity contribution in [3.8, 4) is 0 Å². The van der Waals surface area contributed by atoms with E-state index in [1.807, 2.05) is 0 Å². The zero-order valence-electron chi connectivity index (χ0n) is 7.64. The maximum atomic E-state index is 4.33. The smallest absolute Gasteiger partial charge is 0.174 e. The molecule has 1 atom stereocenters. The van der Waals surface area contributed by atoms with Crippen molar-refractivity contribution in [3.63, 3.8) is 0 Å². The molecule has 1 rings (SSSR count). The lowest BCUT2D eigenvalue weighted by Gasteiger charge is -2.10. The van der Waals surface area contributed by atoms with Gasteiger partial charge < -0.3 is 0 Å². The summed E-state index contributed by atoms with van der Waals surface area (Å²) in [5.41, 5.74) is 1.78. The van der Waals surface area contributed by atoms with Gasteiger partial charge in [-0.1, -0.05) is 36.4 Å². The molecule has 74 valence electrons. The average molecular weight is 234 g/mol. The van der Waals surface area contributed by atoms with Gasteiger partial charge in [0.15, 0.2) is 4.34 Å². The maximum absolute atomic E-state index is 4.33. The van der Waals surface area contributed by atoms with Gasteiger partial charge in [0.1, 0.15) is 5.51 Å². The Morgan fingerprint density at radius 3 is 3.08 bits per heavy atom. The second kappa shape index (κ2) is 6.68. The number of aromatic nitrogens is 2. The number of hydrogen-bond donors (Lipinski definition) is 1. The minimum absolute atomic E-state index is 0.710. The second-order valence-electron chi connectivity index (χ2n) is 2.85. The standard InChI is InChI=1S/C8H14N2S3/c1-2-3-7(4-11)5-12-8-10-9-6-13-8/h6-7,11H,2-5H2,1H3. The van der Waals surface area contributed by atoms with Crippen LogP contribution in [0.2, 0.25) is 0 Å². The summed E-state index contributed by atoms with van der Waals surface area (Å²) in [4.78, 5) is 0. The predicted molar refractivity (Wildman–Crippen MR) is 62.9 cm³/mol. The van der Waals surface area contributed by atoms with Crippen LogP contribution in [0.15, 0.2) is 9.85 Å². The number of thioether (sulfide) groups is 1. The maximum Gasteiger partial charge on any atom is 0.174 e. The first-order valence-corrected chi connectivity index (χ1v) is 6.86. The summed E-state index contributed by atoms with van der Waals surface area (Å²) in [5.74, 6) is 2.80. The van der Waals surface area contributed by atoms with E-state index in [4.69, 9.17) is 0 Å². The molecule has 0 saturated carbocycles. The van der Waals surface area contributed by atoms with Crippen molar-refractivity contribution in [2.24, 2.45) is 5.92 Å². The van der Waals surface area contributed by atoms with Crippen molar-refractivity contribution in [1.82, 2.24) is 10.2 Å². The Morgan fingerprint density at radius 2 is 2.54 bits per heavy atom. The first-order chi connectivity index (χ1) is 6.36. The summed E-state index contributed by atoms with van der Waals surface area (Å²) in [6.45, 7) is 2.21. The van der Waals surface area contributed by atoms with Crippen molar-refractivity contribution in [3.05, 3.63) is 5.51 Å². The van der Waals surface area contributed by atoms with Crippen LogP contribution in [-0.2, 0) is 0 Å². The predicted octanol–water partition coefficient (Wildman–Crippen LogP) is 2.98. The Kier molecular flexibility index (Phi) is 5.82. The topological polar surface area (TPSA) is 25.8 Å². The van der Waals surface area contributed by atoms with Crippen LogP contribution in [0, 0.1) is 5.92 Å². The van der Waals surface area contributed by atoms with Crippen LogP contribution in [0.25, 0.3) is 0 Å². The Labute approximate surface area is 92.9 Å². The lowest BCUT2D eigenvalue weighted by molar-refractivity contribution is 0.595. The van der Waals surface area contributed by atoms with E-state index in [0.29, 0.717) is 5.92 Å². The van der Waals surface area contributed by atoms with Gasteiger partial charge in [-0.2, -0.15) is 12.6 Å². The minimum Gasteiger partial charge on any atom is -0.179 e. The Hall–Kier alpha value is 0.260. The highest BCUT2D eigenvalue weighted by Gasteiger charge is 2.07. The van der Waals surface area contributed by atoms with Gasteiger partial charge >= 0.3 is 0 Å². The molecular formula is C8H14N2S3. The van der Waals surface area contributed by atoms with E-state index in [1.54, 1.807) is 28.6 Å². The van der Waals surface area contributed by atoms with E-state index in [1.165, 1.54) is 12.8 Å². The quantitative estimate of drug-likeness (QED) is 0.605. The fraction of sp³-hybridized carbons (Fsp3) is 0.750. The average Bonchev–Trinajstić information content (AvgIpc) is 2.64. The first kappa shape index (κ1) is 11.3. The van der Waals surface area contributed by atoms with Gasteiger partial charge in [-0.15, -0.1) is 10.2 Å². The van der Waals surface area contributed by atoms with Crippen molar-refractivity contribution in [2.75, 3.05) is 11.5 Å². The van der Waals surface area contributed by atoms with Crippen molar-refractivity contribution < 1.29 is 0 Å². The molecule has 2 nitrogen and oxygen atoms in total. The number of nitrogens with zero attached hydrogens (tertiary/aromatic N) is 2. The molecule has 1 aromatic rings. The summed E-state index contributed by atoms with van der Waals surface area (Å²) >= 11 is 7.74. The Bertz CT molecular complexity index is 213. The van der Waals surface area contributed by atoms with Gasteiger partial charge in [0.2, 0.25) is 0 Å². The third-order valence-corrected chi connectivity index (χ3v) is 4.35. The van der Waals surface area contributed by atoms with Crippen LogP contribution in [0.5, 0.6) is 0 Å². The molecule has 0 spiro atoms. The third-order valence-electron chi connectivity index (χ3n) is 1.74. The van der Waals surface area contributed by atoms with E-state index >= 15 is 0 Å².